The molecule has 0 spiro atoms. The molecule has 4 heteroatoms. The zero-order chi connectivity index (χ0) is 14.9. The van der Waals surface area contributed by atoms with Crippen molar-refractivity contribution in [2.75, 3.05) is 47.0 Å². The van der Waals surface area contributed by atoms with Gasteiger partial charge in [-0.05, 0) is 50.0 Å². The Kier molecular flexibility index (Phi) is 7.00. The van der Waals surface area contributed by atoms with Crippen molar-refractivity contribution in [1.82, 2.24) is 10.2 Å². The third kappa shape index (κ3) is 5.65. The molecule has 0 aromatic heterocycles. The van der Waals surface area contributed by atoms with Crippen LogP contribution in [0.4, 0.5) is 0 Å². The molecule has 0 aliphatic carbocycles. The Morgan fingerprint density at radius 2 is 2.29 bits per heavy atom. The molecule has 118 valence electrons. The average Bonchev–Trinajstić information content (AvgIpc) is 2.49. The van der Waals surface area contributed by atoms with Crippen molar-refractivity contribution in [3.63, 3.8) is 0 Å². The van der Waals surface area contributed by atoms with Crippen LogP contribution in [0.5, 0.6) is 5.75 Å². The molecule has 0 saturated carbocycles. The molecule has 2 rings (SSSR count). The predicted molar refractivity (Wildman–Crippen MR) is 85.7 cm³/mol. The molecule has 1 N–H and O–H groups in total. The third-order valence-corrected chi connectivity index (χ3v) is 3.96. The van der Waals surface area contributed by atoms with E-state index in [1.165, 1.54) is 24.9 Å². The van der Waals surface area contributed by atoms with Gasteiger partial charge in [0, 0.05) is 26.7 Å². The van der Waals surface area contributed by atoms with E-state index >= 15 is 0 Å². The van der Waals surface area contributed by atoms with E-state index in [1.807, 2.05) is 13.1 Å². The van der Waals surface area contributed by atoms with E-state index in [-0.39, 0.29) is 0 Å². The topological polar surface area (TPSA) is 33.7 Å². The van der Waals surface area contributed by atoms with Gasteiger partial charge < -0.3 is 14.8 Å². The fraction of sp³-hybridized carbons (Fsp3) is 0.647. The lowest BCUT2D eigenvalue weighted by Crippen LogP contribution is -2.39. The van der Waals surface area contributed by atoms with Gasteiger partial charge in [-0.1, -0.05) is 12.1 Å². The number of ether oxygens (including phenoxy) is 2. The summed E-state index contributed by atoms with van der Waals surface area (Å²) in [5.74, 6) is 1.65. The maximum atomic E-state index is 5.89. The minimum Gasteiger partial charge on any atom is -0.492 e. The highest BCUT2D eigenvalue weighted by atomic mass is 16.5. The van der Waals surface area contributed by atoms with Gasteiger partial charge in [-0.3, -0.25) is 4.90 Å². The molecule has 0 bridgehead atoms. The smallest absolute Gasteiger partial charge is 0.119 e. The first-order valence-electron chi connectivity index (χ1n) is 7.89. The number of hydrogen-bond acceptors (Lipinski definition) is 4. The highest BCUT2D eigenvalue weighted by molar-refractivity contribution is 5.28. The Morgan fingerprint density at radius 3 is 3.10 bits per heavy atom. The third-order valence-electron chi connectivity index (χ3n) is 3.96. The molecule has 0 radical (unpaired) electrons. The van der Waals surface area contributed by atoms with Crippen LogP contribution in [0, 0.1) is 5.92 Å². The predicted octanol–water partition coefficient (Wildman–Crippen LogP) is 2.14. The molecule has 1 saturated heterocycles. The monoisotopic (exact) mass is 292 g/mol. The first-order valence-corrected chi connectivity index (χ1v) is 7.89. The molecule has 21 heavy (non-hydrogen) atoms. The van der Waals surface area contributed by atoms with Gasteiger partial charge in [0.1, 0.15) is 12.4 Å². The summed E-state index contributed by atoms with van der Waals surface area (Å²) in [7, 11) is 3.75. The standard InChI is InChI=1S/C17H28N2O2/c1-18-12-15-5-3-7-17(11-15)21-10-9-19-8-4-6-16(13-19)14-20-2/h3,5,7,11,16,18H,4,6,8-10,12-14H2,1-2H3. The van der Waals surface area contributed by atoms with Crippen molar-refractivity contribution in [2.45, 2.75) is 19.4 Å². The molecule has 1 heterocycles. The molecule has 4 nitrogen and oxygen atoms in total. The van der Waals surface area contributed by atoms with Crippen LogP contribution in [-0.2, 0) is 11.3 Å². The van der Waals surface area contributed by atoms with Crippen molar-refractivity contribution in [3.8, 4) is 5.75 Å². The lowest BCUT2D eigenvalue weighted by Gasteiger charge is -2.32. The van der Waals surface area contributed by atoms with Gasteiger partial charge in [0.05, 0.1) is 6.61 Å². The van der Waals surface area contributed by atoms with Gasteiger partial charge in [0.2, 0.25) is 0 Å². The summed E-state index contributed by atoms with van der Waals surface area (Å²) >= 11 is 0. The van der Waals surface area contributed by atoms with Crippen LogP contribution in [0.3, 0.4) is 0 Å². The maximum absolute atomic E-state index is 5.89. The van der Waals surface area contributed by atoms with Crippen LogP contribution in [0.25, 0.3) is 0 Å². The summed E-state index contributed by atoms with van der Waals surface area (Å²) < 4.78 is 11.2. The quantitative estimate of drug-likeness (QED) is 0.796. The van der Waals surface area contributed by atoms with Crippen LogP contribution in [-0.4, -0.2) is 51.9 Å². The Labute approximate surface area is 128 Å². The molecule has 1 aromatic rings. The van der Waals surface area contributed by atoms with Crippen molar-refractivity contribution in [1.29, 1.82) is 0 Å². The van der Waals surface area contributed by atoms with Crippen LogP contribution in [0.15, 0.2) is 24.3 Å². The largest absolute Gasteiger partial charge is 0.492 e. The van der Waals surface area contributed by atoms with E-state index in [2.05, 4.69) is 28.4 Å². The second-order valence-electron chi connectivity index (χ2n) is 5.79. The molecule has 1 unspecified atom stereocenters. The summed E-state index contributed by atoms with van der Waals surface area (Å²) in [6, 6.07) is 8.31. The van der Waals surface area contributed by atoms with Gasteiger partial charge in [-0.15, -0.1) is 0 Å². The summed E-state index contributed by atoms with van der Waals surface area (Å²) in [6.07, 6.45) is 2.56. The van der Waals surface area contributed by atoms with Crippen LogP contribution in [0.1, 0.15) is 18.4 Å². The number of nitrogens with zero attached hydrogens (tertiary/aromatic N) is 1. The van der Waals surface area contributed by atoms with Crippen LogP contribution < -0.4 is 10.1 Å². The number of benzene rings is 1. The van der Waals surface area contributed by atoms with E-state index in [0.29, 0.717) is 5.92 Å². The van der Waals surface area contributed by atoms with Gasteiger partial charge in [0.15, 0.2) is 0 Å². The number of rotatable bonds is 8. The number of hydrogen-bond donors (Lipinski definition) is 1. The summed E-state index contributed by atoms with van der Waals surface area (Å²) in [4.78, 5) is 2.49. The lowest BCUT2D eigenvalue weighted by atomic mass is 9.99. The number of methoxy groups -OCH3 is 1. The number of likely N-dealkylation sites (tertiary alicyclic amines) is 1. The zero-order valence-corrected chi connectivity index (χ0v) is 13.3. The molecule has 1 aliphatic heterocycles. The van der Waals surface area contributed by atoms with Crippen molar-refractivity contribution in [2.24, 2.45) is 5.92 Å². The van der Waals surface area contributed by atoms with Crippen LogP contribution >= 0.6 is 0 Å². The number of piperidine rings is 1. The van der Waals surface area contributed by atoms with E-state index < -0.39 is 0 Å². The number of nitrogens with one attached hydrogen (secondary N) is 1. The van der Waals surface area contributed by atoms with E-state index in [1.54, 1.807) is 7.11 Å². The first kappa shape index (κ1) is 16.3. The fourth-order valence-electron chi connectivity index (χ4n) is 2.97. The molecule has 1 atom stereocenters. The molecule has 1 fully saturated rings. The average molecular weight is 292 g/mol. The maximum Gasteiger partial charge on any atom is 0.119 e. The lowest BCUT2D eigenvalue weighted by molar-refractivity contribution is 0.0832. The van der Waals surface area contributed by atoms with Gasteiger partial charge in [0.25, 0.3) is 0 Å². The minimum absolute atomic E-state index is 0.683. The van der Waals surface area contributed by atoms with E-state index in [4.69, 9.17) is 9.47 Å². The van der Waals surface area contributed by atoms with Crippen molar-refractivity contribution < 1.29 is 9.47 Å². The second-order valence-corrected chi connectivity index (χ2v) is 5.79. The zero-order valence-electron chi connectivity index (χ0n) is 13.3. The Bertz CT molecular complexity index is 410. The van der Waals surface area contributed by atoms with E-state index in [9.17, 15) is 0 Å². The SMILES string of the molecule is CNCc1cccc(OCCN2CCCC(COC)C2)c1. The summed E-state index contributed by atoms with van der Waals surface area (Å²) in [6.45, 7) is 5.82. The molecular formula is C17H28N2O2. The Balaban J connectivity index is 1.72. The van der Waals surface area contributed by atoms with Gasteiger partial charge in [-0.2, -0.15) is 0 Å². The van der Waals surface area contributed by atoms with Gasteiger partial charge in [-0.25, -0.2) is 0 Å². The minimum atomic E-state index is 0.683. The van der Waals surface area contributed by atoms with Gasteiger partial charge >= 0.3 is 0 Å². The molecule has 0 amide bonds. The molecular weight excluding hydrogens is 264 g/mol. The first-order chi connectivity index (χ1) is 10.3. The fourth-order valence-corrected chi connectivity index (χ4v) is 2.97. The summed E-state index contributed by atoms with van der Waals surface area (Å²) in [5.41, 5.74) is 1.26. The van der Waals surface area contributed by atoms with Crippen molar-refractivity contribution >= 4 is 0 Å². The molecule has 1 aromatic carbocycles. The highest BCUT2D eigenvalue weighted by Crippen LogP contribution is 2.17. The van der Waals surface area contributed by atoms with E-state index in [0.717, 1.165) is 38.6 Å². The Hall–Kier alpha value is -1.10. The van der Waals surface area contributed by atoms with Crippen molar-refractivity contribution in [3.05, 3.63) is 29.8 Å². The highest BCUT2D eigenvalue weighted by Gasteiger charge is 2.19. The normalized spacial score (nSPS) is 19.6. The second kappa shape index (κ2) is 9.03. The Morgan fingerprint density at radius 1 is 1.38 bits per heavy atom. The molecule has 1 aliphatic rings. The van der Waals surface area contributed by atoms with Crippen LogP contribution in [0.2, 0.25) is 0 Å². The summed E-state index contributed by atoms with van der Waals surface area (Å²) in [5, 5.41) is 3.16.